The van der Waals surface area contributed by atoms with Gasteiger partial charge in [-0.3, -0.25) is 4.79 Å². The predicted octanol–water partition coefficient (Wildman–Crippen LogP) is 1.50. The van der Waals surface area contributed by atoms with Crippen LogP contribution in [-0.4, -0.2) is 30.8 Å². The summed E-state index contributed by atoms with van der Waals surface area (Å²) in [6.07, 6.45) is 0.691. The second kappa shape index (κ2) is 6.25. The maximum absolute atomic E-state index is 12.0. The lowest BCUT2D eigenvalue weighted by atomic mass is 10.1. The summed E-state index contributed by atoms with van der Waals surface area (Å²) in [4.78, 5) is 12.0. The van der Waals surface area contributed by atoms with E-state index >= 15 is 0 Å². The Bertz CT molecular complexity index is 386. The van der Waals surface area contributed by atoms with E-state index in [1.54, 1.807) is 12.1 Å². The van der Waals surface area contributed by atoms with Crippen molar-refractivity contribution in [1.82, 2.24) is 5.32 Å². The monoisotopic (exact) mass is 237 g/mol. The molecule has 0 saturated carbocycles. The molecule has 0 aromatic heterocycles. The Morgan fingerprint density at radius 3 is 2.76 bits per heavy atom. The van der Waals surface area contributed by atoms with Crippen molar-refractivity contribution in [1.29, 1.82) is 0 Å². The Kier molecular flexibility index (Phi) is 4.97. The molecule has 0 unspecified atom stereocenters. The van der Waals surface area contributed by atoms with Gasteiger partial charge in [-0.15, -0.1) is 0 Å². The lowest BCUT2D eigenvalue weighted by molar-refractivity contribution is 0.0912. The highest BCUT2D eigenvalue weighted by Crippen LogP contribution is 2.19. The summed E-state index contributed by atoms with van der Waals surface area (Å²) >= 11 is 0. The van der Waals surface area contributed by atoms with Crippen LogP contribution in [0, 0.1) is 6.92 Å². The number of aryl methyl sites for hydroxylation is 1. The van der Waals surface area contributed by atoms with Crippen molar-refractivity contribution in [3.05, 3.63) is 29.3 Å². The van der Waals surface area contributed by atoms with Crippen molar-refractivity contribution in [3.63, 3.8) is 0 Å². The van der Waals surface area contributed by atoms with Gasteiger partial charge in [0.15, 0.2) is 0 Å². The molecule has 1 aromatic rings. The fraction of sp³-hybridized carbons (Fsp3) is 0.462. The first-order valence-corrected chi connectivity index (χ1v) is 5.68. The Morgan fingerprint density at radius 2 is 2.24 bits per heavy atom. The number of rotatable bonds is 5. The van der Waals surface area contributed by atoms with Crippen LogP contribution in [0.1, 0.15) is 29.3 Å². The van der Waals surface area contributed by atoms with Gasteiger partial charge in [0.2, 0.25) is 0 Å². The average molecular weight is 237 g/mol. The highest BCUT2D eigenvalue weighted by Gasteiger charge is 2.15. The minimum Gasteiger partial charge on any atom is -0.496 e. The van der Waals surface area contributed by atoms with Crippen LogP contribution in [0.2, 0.25) is 0 Å². The highest BCUT2D eigenvalue weighted by molar-refractivity contribution is 5.97. The zero-order valence-electron chi connectivity index (χ0n) is 10.5. The maximum atomic E-state index is 12.0. The predicted molar refractivity (Wildman–Crippen MR) is 66.4 cm³/mol. The van der Waals surface area contributed by atoms with Gasteiger partial charge in [0.05, 0.1) is 25.3 Å². The molecule has 2 N–H and O–H groups in total. The normalized spacial score (nSPS) is 12.0. The Balaban J connectivity index is 2.90. The van der Waals surface area contributed by atoms with E-state index in [4.69, 9.17) is 9.84 Å². The molecule has 0 aliphatic rings. The number of hydrogen-bond donors (Lipinski definition) is 2. The molecule has 0 aliphatic carbocycles. The molecule has 1 atom stereocenters. The fourth-order valence-electron chi connectivity index (χ4n) is 1.54. The van der Waals surface area contributed by atoms with Crippen LogP contribution in [0.15, 0.2) is 18.2 Å². The van der Waals surface area contributed by atoms with Gasteiger partial charge in [0.1, 0.15) is 5.75 Å². The van der Waals surface area contributed by atoms with Crippen LogP contribution >= 0.6 is 0 Å². The molecule has 17 heavy (non-hydrogen) atoms. The molecule has 1 amide bonds. The number of ether oxygens (including phenoxy) is 1. The standard InChI is InChI=1S/C13H19NO3/c1-4-10(8-15)14-13(16)11-7-9(2)5-6-12(11)17-3/h5-7,10,15H,4,8H2,1-3H3,(H,14,16)/t10-/m0/s1. The Hall–Kier alpha value is -1.55. The van der Waals surface area contributed by atoms with Gasteiger partial charge in [-0.25, -0.2) is 0 Å². The van der Waals surface area contributed by atoms with E-state index in [1.807, 2.05) is 19.9 Å². The minimum atomic E-state index is -0.216. The number of benzene rings is 1. The van der Waals surface area contributed by atoms with Gasteiger partial charge in [-0.05, 0) is 25.5 Å². The van der Waals surface area contributed by atoms with Crippen molar-refractivity contribution >= 4 is 5.91 Å². The first-order valence-electron chi connectivity index (χ1n) is 5.68. The summed E-state index contributed by atoms with van der Waals surface area (Å²) in [5, 5.41) is 11.8. The molecule has 0 saturated heterocycles. The van der Waals surface area contributed by atoms with Gasteiger partial charge in [-0.1, -0.05) is 18.6 Å². The molecular weight excluding hydrogens is 218 g/mol. The minimum absolute atomic E-state index is 0.0592. The molecule has 0 bridgehead atoms. The molecular formula is C13H19NO3. The van der Waals surface area contributed by atoms with Gasteiger partial charge in [0, 0.05) is 0 Å². The first kappa shape index (κ1) is 13.5. The van der Waals surface area contributed by atoms with E-state index in [9.17, 15) is 4.79 Å². The van der Waals surface area contributed by atoms with E-state index in [0.717, 1.165) is 5.56 Å². The lowest BCUT2D eigenvalue weighted by Gasteiger charge is -2.15. The summed E-state index contributed by atoms with van der Waals surface area (Å²) in [6, 6.07) is 5.22. The molecule has 0 aliphatic heterocycles. The first-order chi connectivity index (χ1) is 8.12. The largest absolute Gasteiger partial charge is 0.496 e. The number of methoxy groups -OCH3 is 1. The van der Waals surface area contributed by atoms with Crippen LogP contribution in [0.25, 0.3) is 0 Å². The third-order valence-corrected chi connectivity index (χ3v) is 2.65. The summed E-state index contributed by atoms with van der Waals surface area (Å²) in [5.74, 6) is 0.326. The fourth-order valence-corrected chi connectivity index (χ4v) is 1.54. The second-order valence-electron chi connectivity index (χ2n) is 3.96. The Labute approximate surface area is 102 Å². The van der Waals surface area contributed by atoms with Crippen LogP contribution in [0.5, 0.6) is 5.75 Å². The van der Waals surface area contributed by atoms with Crippen LogP contribution < -0.4 is 10.1 Å². The number of amides is 1. The average Bonchev–Trinajstić information content (AvgIpc) is 2.35. The summed E-state index contributed by atoms with van der Waals surface area (Å²) < 4.78 is 5.15. The van der Waals surface area contributed by atoms with Crippen LogP contribution in [0.4, 0.5) is 0 Å². The zero-order chi connectivity index (χ0) is 12.8. The van der Waals surface area contributed by atoms with Crippen LogP contribution in [-0.2, 0) is 0 Å². The van der Waals surface area contributed by atoms with Crippen molar-refractivity contribution in [3.8, 4) is 5.75 Å². The topological polar surface area (TPSA) is 58.6 Å². The molecule has 4 nitrogen and oxygen atoms in total. The van der Waals surface area contributed by atoms with Gasteiger partial charge >= 0.3 is 0 Å². The van der Waals surface area contributed by atoms with Crippen molar-refractivity contribution in [2.45, 2.75) is 26.3 Å². The van der Waals surface area contributed by atoms with E-state index in [0.29, 0.717) is 17.7 Å². The van der Waals surface area contributed by atoms with E-state index < -0.39 is 0 Å². The van der Waals surface area contributed by atoms with Crippen LogP contribution in [0.3, 0.4) is 0 Å². The smallest absolute Gasteiger partial charge is 0.255 e. The number of aliphatic hydroxyl groups is 1. The molecule has 1 rings (SSSR count). The van der Waals surface area contributed by atoms with Crippen molar-refractivity contribution in [2.75, 3.05) is 13.7 Å². The summed E-state index contributed by atoms with van der Waals surface area (Å²) in [5.41, 5.74) is 1.49. The Morgan fingerprint density at radius 1 is 1.53 bits per heavy atom. The van der Waals surface area contributed by atoms with Gasteiger partial charge in [0.25, 0.3) is 5.91 Å². The molecule has 0 spiro atoms. The highest BCUT2D eigenvalue weighted by atomic mass is 16.5. The number of carbonyl (C=O) groups excluding carboxylic acids is 1. The summed E-state index contributed by atoms with van der Waals surface area (Å²) in [6.45, 7) is 3.77. The number of hydrogen-bond acceptors (Lipinski definition) is 3. The number of nitrogens with one attached hydrogen (secondary N) is 1. The number of carbonyl (C=O) groups is 1. The summed E-state index contributed by atoms with van der Waals surface area (Å²) in [7, 11) is 1.53. The van der Waals surface area contributed by atoms with E-state index in [2.05, 4.69) is 5.32 Å². The third-order valence-electron chi connectivity index (χ3n) is 2.65. The zero-order valence-corrected chi connectivity index (χ0v) is 10.5. The molecule has 0 heterocycles. The lowest BCUT2D eigenvalue weighted by Crippen LogP contribution is -2.37. The molecule has 4 heteroatoms. The maximum Gasteiger partial charge on any atom is 0.255 e. The third kappa shape index (κ3) is 3.46. The molecule has 0 fully saturated rings. The van der Waals surface area contributed by atoms with Gasteiger partial charge in [-0.2, -0.15) is 0 Å². The quantitative estimate of drug-likeness (QED) is 0.816. The van der Waals surface area contributed by atoms with E-state index in [-0.39, 0.29) is 18.6 Å². The molecule has 94 valence electrons. The second-order valence-corrected chi connectivity index (χ2v) is 3.96. The van der Waals surface area contributed by atoms with E-state index in [1.165, 1.54) is 7.11 Å². The number of aliphatic hydroxyl groups excluding tert-OH is 1. The SMILES string of the molecule is CC[C@@H](CO)NC(=O)c1cc(C)ccc1OC. The van der Waals surface area contributed by atoms with Gasteiger partial charge < -0.3 is 15.2 Å². The van der Waals surface area contributed by atoms with Crippen molar-refractivity contribution in [2.24, 2.45) is 0 Å². The van der Waals surface area contributed by atoms with Crippen molar-refractivity contribution < 1.29 is 14.6 Å². The molecule has 1 aromatic carbocycles. The molecule has 0 radical (unpaired) electrons.